The van der Waals surface area contributed by atoms with E-state index in [1.165, 1.54) is 25.7 Å². The first-order valence-electron chi connectivity index (χ1n) is 6.55. The summed E-state index contributed by atoms with van der Waals surface area (Å²) in [6.45, 7) is 1.84. The monoisotopic (exact) mass is 266 g/mol. The minimum atomic E-state index is 0.0177. The van der Waals surface area contributed by atoms with Crippen LogP contribution in [0.5, 0.6) is 0 Å². The van der Waals surface area contributed by atoms with E-state index >= 15 is 0 Å². The summed E-state index contributed by atoms with van der Waals surface area (Å²) >= 11 is 6.17. The summed E-state index contributed by atoms with van der Waals surface area (Å²) in [5, 5.41) is 7.01. The topological polar surface area (TPSA) is 41.1 Å². The Morgan fingerprint density at radius 2 is 2.11 bits per heavy atom. The number of hydrogen-bond donors (Lipinski definition) is 2. The largest absolute Gasteiger partial charge is 0.381 e. The Hall–Kier alpha value is -1.22. The average molecular weight is 267 g/mol. The number of anilines is 2. The third-order valence-electron chi connectivity index (χ3n) is 3.29. The van der Waals surface area contributed by atoms with E-state index < -0.39 is 0 Å². The number of carbonyl (C=O) groups excluding carboxylic acids is 1. The lowest BCUT2D eigenvalue weighted by Crippen LogP contribution is -2.15. The molecule has 1 aliphatic rings. The summed E-state index contributed by atoms with van der Waals surface area (Å²) in [5.41, 5.74) is 1.71. The molecule has 0 saturated heterocycles. The van der Waals surface area contributed by atoms with Gasteiger partial charge >= 0.3 is 0 Å². The van der Waals surface area contributed by atoms with Crippen LogP contribution >= 0.6 is 11.6 Å². The van der Waals surface area contributed by atoms with Gasteiger partial charge in [-0.05, 0) is 31.0 Å². The highest BCUT2D eigenvalue weighted by Crippen LogP contribution is 2.29. The number of hydrogen-bond acceptors (Lipinski definition) is 2. The van der Waals surface area contributed by atoms with Gasteiger partial charge < -0.3 is 10.6 Å². The van der Waals surface area contributed by atoms with E-state index in [1.54, 1.807) is 0 Å². The zero-order chi connectivity index (χ0) is 13.0. The second-order valence-corrected chi connectivity index (χ2v) is 5.13. The fourth-order valence-corrected chi connectivity index (χ4v) is 2.43. The molecule has 4 heteroatoms. The predicted molar refractivity (Wildman–Crippen MR) is 76.3 cm³/mol. The third kappa shape index (κ3) is 3.39. The quantitative estimate of drug-likeness (QED) is 0.863. The first kappa shape index (κ1) is 13.2. The molecule has 1 amide bonds. The second-order valence-electron chi connectivity index (χ2n) is 4.72. The first-order valence-corrected chi connectivity index (χ1v) is 6.92. The Morgan fingerprint density at radius 3 is 2.78 bits per heavy atom. The number of halogens is 1. The molecule has 1 aromatic carbocycles. The van der Waals surface area contributed by atoms with Crippen molar-refractivity contribution >= 4 is 28.9 Å². The van der Waals surface area contributed by atoms with Crippen molar-refractivity contribution in [2.75, 3.05) is 10.6 Å². The van der Waals surface area contributed by atoms with Crippen LogP contribution in [-0.4, -0.2) is 11.9 Å². The molecule has 0 spiro atoms. The molecule has 0 aliphatic heterocycles. The van der Waals surface area contributed by atoms with Crippen LogP contribution in [0.4, 0.5) is 11.4 Å². The molecule has 0 aromatic heterocycles. The number of rotatable bonds is 4. The van der Waals surface area contributed by atoms with Crippen molar-refractivity contribution in [3.05, 3.63) is 23.2 Å². The lowest BCUT2D eigenvalue weighted by molar-refractivity contribution is -0.115. The molecule has 2 rings (SSSR count). The standard InChI is InChI=1S/C14H19ClN2O/c1-2-14(18)17-11-7-8-12(15)13(9-11)16-10-5-3-4-6-10/h7-10,16H,2-6H2,1H3,(H,17,18). The molecule has 1 aliphatic carbocycles. The maximum absolute atomic E-state index is 11.4. The molecule has 0 unspecified atom stereocenters. The number of carbonyl (C=O) groups is 1. The van der Waals surface area contributed by atoms with Crippen molar-refractivity contribution in [3.63, 3.8) is 0 Å². The highest BCUT2D eigenvalue weighted by atomic mass is 35.5. The predicted octanol–water partition coefficient (Wildman–Crippen LogP) is 4.04. The summed E-state index contributed by atoms with van der Waals surface area (Å²) in [7, 11) is 0. The van der Waals surface area contributed by atoms with Crippen LogP contribution in [0.25, 0.3) is 0 Å². The van der Waals surface area contributed by atoms with E-state index in [9.17, 15) is 4.79 Å². The van der Waals surface area contributed by atoms with E-state index in [0.29, 0.717) is 17.5 Å². The molecular weight excluding hydrogens is 248 g/mol. The molecule has 0 atom stereocenters. The Kier molecular flexibility index (Phi) is 4.48. The lowest BCUT2D eigenvalue weighted by atomic mass is 10.2. The van der Waals surface area contributed by atoms with Gasteiger partial charge in [0.1, 0.15) is 0 Å². The number of amides is 1. The maximum atomic E-state index is 11.4. The molecule has 18 heavy (non-hydrogen) atoms. The zero-order valence-corrected chi connectivity index (χ0v) is 11.4. The summed E-state index contributed by atoms with van der Waals surface area (Å²) in [4.78, 5) is 11.4. The second kappa shape index (κ2) is 6.10. The van der Waals surface area contributed by atoms with Gasteiger partial charge in [0.2, 0.25) is 5.91 Å². The molecule has 1 aromatic rings. The normalized spacial score (nSPS) is 15.7. The SMILES string of the molecule is CCC(=O)Nc1ccc(Cl)c(NC2CCCC2)c1. The zero-order valence-electron chi connectivity index (χ0n) is 10.6. The minimum absolute atomic E-state index is 0.0177. The highest BCUT2D eigenvalue weighted by molar-refractivity contribution is 6.33. The van der Waals surface area contributed by atoms with Crippen molar-refractivity contribution in [1.82, 2.24) is 0 Å². The fraction of sp³-hybridized carbons (Fsp3) is 0.500. The van der Waals surface area contributed by atoms with E-state index in [1.807, 2.05) is 25.1 Å². The number of nitrogens with one attached hydrogen (secondary N) is 2. The lowest BCUT2D eigenvalue weighted by Gasteiger charge is -2.16. The van der Waals surface area contributed by atoms with Crippen LogP contribution < -0.4 is 10.6 Å². The number of benzene rings is 1. The van der Waals surface area contributed by atoms with Crippen molar-refractivity contribution in [1.29, 1.82) is 0 Å². The molecule has 2 N–H and O–H groups in total. The Bertz CT molecular complexity index is 428. The molecule has 0 heterocycles. The van der Waals surface area contributed by atoms with Gasteiger partial charge in [-0.2, -0.15) is 0 Å². The van der Waals surface area contributed by atoms with Crippen LogP contribution in [0, 0.1) is 0 Å². The van der Waals surface area contributed by atoms with Gasteiger partial charge in [0.05, 0.1) is 10.7 Å². The van der Waals surface area contributed by atoms with E-state index in [0.717, 1.165) is 11.4 Å². The van der Waals surface area contributed by atoms with Crippen molar-refractivity contribution in [2.24, 2.45) is 0 Å². The molecule has 1 saturated carbocycles. The summed E-state index contributed by atoms with van der Waals surface area (Å²) in [6, 6.07) is 6.08. The van der Waals surface area contributed by atoms with E-state index in [2.05, 4.69) is 10.6 Å². The molecule has 98 valence electrons. The first-order chi connectivity index (χ1) is 8.69. The summed E-state index contributed by atoms with van der Waals surface area (Å²) < 4.78 is 0. The van der Waals surface area contributed by atoms with Crippen LogP contribution in [0.3, 0.4) is 0 Å². The fourth-order valence-electron chi connectivity index (χ4n) is 2.25. The maximum Gasteiger partial charge on any atom is 0.224 e. The van der Waals surface area contributed by atoms with E-state index in [-0.39, 0.29) is 5.91 Å². The highest BCUT2D eigenvalue weighted by Gasteiger charge is 2.15. The van der Waals surface area contributed by atoms with Gasteiger partial charge in [0, 0.05) is 18.2 Å². The van der Waals surface area contributed by atoms with Crippen LogP contribution in [-0.2, 0) is 4.79 Å². The van der Waals surface area contributed by atoms with Gasteiger partial charge in [-0.1, -0.05) is 31.4 Å². The van der Waals surface area contributed by atoms with Gasteiger partial charge in [-0.25, -0.2) is 0 Å². The van der Waals surface area contributed by atoms with Crippen LogP contribution in [0.1, 0.15) is 39.0 Å². The molecule has 3 nitrogen and oxygen atoms in total. The van der Waals surface area contributed by atoms with Crippen molar-refractivity contribution < 1.29 is 4.79 Å². The van der Waals surface area contributed by atoms with E-state index in [4.69, 9.17) is 11.6 Å². The van der Waals surface area contributed by atoms with Gasteiger partial charge in [-0.3, -0.25) is 4.79 Å². The van der Waals surface area contributed by atoms with Crippen molar-refractivity contribution in [3.8, 4) is 0 Å². The third-order valence-corrected chi connectivity index (χ3v) is 3.62. The van der Waals surface area contributed by atoms with Gasteiger partial charge in [0.25, 0.3) is 0 Å². The minimum Gasteiger partial charge on any atom is -0.381 e. The Morgan fingerprint density at radius 1 is 1.39 bits per heavy atom. The van der Waals surface area contributed by atoms with Gasteiger partial charge in [0.15, 0.2) is 0 Å². The summed E-state index contributed by atoms with van der Waals surface area (Å²) in [6.07, 6.45) is 5.43. The smallest absolute Gasteiger partial charge is 0.224 e. The molecule has 0 bridgehead atoms. The van der Waals surface area contributed by atoms with Crippen LogP contribution in [0.2, 0.25) is 5.02 Å². The Balaban J connectivity index is 2.08. The molecular formula is C14H19ClN2O. The Labute approximate surface area is 113 Å². The molecule has 1 fully saturated rings. The summed E-state index contributed by atoms with van der Waals surface area (Å²) in [5.74, 6) is 0.0177. The molecule has 0 radical (unpaired) electrons. The van der Waals surface area contributed by atoms with Crippen LogP contribution in [0.15, 0.2) is 18.2 Å². The van der Waals surface area contributed by atoms with Gasteiger partial charge in [-0.15, -0.1) is 0 Å². The van der Waals surface area contributed by atoms with Crippen molar-refractivity contribution in [2.45, 2.75) is 45.1 Å². The average Bonchev–Trinajstić information content (AvgIpc) is 2.86.